The molecule has 0 fully saturated rings. The summed E-state index contributed by atoms with van der Waals surface area (Å²) in [6, 6.07) is 2.51. The van der Waals surface area contributed by atoms with Gasteiger partial charge in [-0.25, -0.2) is 9.97 Å². The molecule has 0 aromatic carbocycles. The lowest BCUT2D eigenvalue weighted by atomic mass is 10.2. The van der Waals surface area contributed by atoms with E-state index < -0.39 is 0 Å². The minimum absolute atomic E-state index is 0.487. The van der Waals surface area contributed by atoms with E-state index >= 15 is 0 Å². The standard InChI is InChI=1S/C13H24N4S/c1-6-14-12-9-13(16-11(3)15-12)17(4)10(2)7-8-18-5/h9-10H,6-8H2,1-5H3,(H,14,15,16). The predicted octanol–water partition coefficient (Wildman–Crippen LogP) is 2.79. The molecule has 1 aromatic rings. The summed E-state index contributed by atoms with van der Waals surface area (Å²) >= 11 is 1.89. The summed E-state index contributed by atoms with van der Waals surface area (Å²) in [5.41, 5.74) is 0. The highest BCUT2D eigenvalue weighted by molar-refractivity contribution is 7.98. The smallest absolute Gasteiger partial charge is 0.134 e. The molecule has 4 nitrogen and oxygen atoms in total. The minimum atomic E-state index is 0.487. The summed E-state index contributed by atoms with van der Waals surface area (Å²) in [5, 5.41) is 3.24. The van der Waals surface area contributed by atoms with E-state index in [1.54, 1.807) is 0 Å². The van der Waals surface area contributed by atoms with Gasteiger partial charge in [-0.05, 0) is 39.2 Å². The molecule has 102 valence electrons. The van der Waals surface area contributed by atoms with E-state index in [4.69, 9.17) is 0 Å². The SMILES string of the molecule is CCNc1cc(N(C)C(C)CCSC)nc(C)n1. The van der Waals surface area contributed by atoms with Crippen LogP contribution in [0.25, 0.3) is 0 Å². The van der Waals surface area contributed by atoms with Crippen LogP contribution in [0.15, 0.2) is 6.07 Å². The van der Waals surface area contributed by atoms with Crippen molar-refractivity contribution >= 4 is 23.4 Å². The van der Waals surface area contributed by atoms with Gasteiger partial charge in [0.15, 0.2) is 0 Å². The Morgan fingerprint density at radius 3 is 2.78 bits per heavy atom. The van der Waals surface area contributed by atoms with Crippen molar-refractivity contribution in [2.45, 2.75) is 33.2 Å². The molecule has 1 heterocycles. The third-order valence-electron chi connectivity index (χ3n) is 2.94. The number of aryl methyl sites for hydroxylation is 1. The van der Waals surface area contributed by atoms with Crippen molar-refractivity contribution in [1.29, 1.82) is 0 Å². The number of aromatic nitrogens is 2. The zero-order valence-corrected chi connectivity index (χ0v) is 12.8. The van der Waals surface area contributed by atoms with Gasteiger partial charge < -0.3 is 10.2 Å². The van der Waals surface area contributed by atoms with Crippen LogP contribution in [0.1, 0.15) is 26.1 Å². The number of hydrogen-bond acceptors (Lipinski definition) is 5. The summed E-state index contributed by atoms with van der Waals surface area (Å²) in [7, 11) is 2.10. The summed E-state index contributed by atoms with van der Waals surface area (Å²) in [4.78, 5) is 11.1. The third-order valence-corrected chi connectivity index (χ3v) is 3.59. The van der Waals surface area contributed by atoms with E-state index in [-0.39, 0.29) is 0 Å². The van der Waals surface area contributed by atoms with Gasteiger partial charge in [-0.15, -0.1) is 0 Å². The van der Waals surface area contributed by atoms with E-state index in [0.29, 0.717) is 6.04 Å². The molecule has 1 aromatic heterocycles. The second-order valence-corrected chi connectivity index (χ2v) is 5.42. The van der Waals surface area contributed by atoms with Crippen LogP contribution in [0.4, 0.5) is 11.6 Å². The lowest BCUT2D eigenvalue weighted by Gasteiger charge is -2.26. The van der Waals surface area contributed by atoms with E-state index in [0.717, 1.165) is 30.4 Å². The van der Waals surface area contributed by atoms with Gasteiger partial charge >= 0.3 is 0 Å². The van der Waals surface area contributed by atoms with Gasteiger partial charge in [0.05, 0.1) is 0 Å². The lowest BCUT2D eigenvalue weighted by molar-refractivity contribution is 0.660. The van der Waals surface area contributed by atoms with Gasteiger partial charge in [-0.1, -0.05) is 0 Å². The molecule has 1 atom stereocenters. The Kier molecular flexibility index (Phi) is 6.25. The lowest BCUT2D eigenvalue weighted by Crippen LogP contribution is -2.30. The number of anilines is 2. The topological polar surface area (TPSA) is 41.0 Å². The maximum Gasteiger partial charge on any atom is 0.134 e. The van der Waals surface area contributed by atoms with Gasteiger partial charge in [-0.2, -0.15) is 11.8 Å². The van der Waals surface area contributed by atoms with Crippen molar-refractivity contribution in [3.8, 4) is 0 Å². The molecule has 0 amide bonds. The molecule has 0 saturated heterocycles. The molecule has 0 radical (unpaired) electrons. The first-order valence-corrected chi connectivity index (χ1v) is 7.79. The van der Waals surface area contributed by atoms with Gasteiger partial charge in [0.2, 0.25) is 0 Å². The van der Waals surface area contributed by atoms with E-state index in [1.807, 2.05) is 24.8 Å². The summed E-state index contributed by atoms with van der Waals surface area (Å²) in [6.45, 7) is 7.12. The minimum Gasteiger partial charge on any atom is -0.370 e. The van der Waals surface area contributed by atoms with Crippen LogP contribution in [-0.4, -0.2) is 41.6 Å². The molecule has 0 aliphatic heterocycles. The highest BCUT2D eigenvalue weighted by Gasteiger charge is 2.12. The zero-order chi connectivity index (χ0) is 13.5. The quantitative estimate of drug-likeness (QED) is 0.823. The van der Waals surface area contributed by atoms with Crippen molar-refractivity contribution in [3.05, 3.63) is 11.9 Å². The Bertz CT molecular complexity index is 370. The number of rotatable bonds is 7. The van der Waals surface area contributed by atoms with Crippen molar-refractivity contribution in [2.24, 2.45) is 0 Å². The Morgan fingerprint density at radius 2 is 2.17 bits per heavy atom. The van der Waals surface area contributed by atoms with Crippen LogP contribution in [-0.2, 0) is 0 Å². The van der Waals surface area contributed by atoms with Crippen molar-refractivity contribution in [1.82, 2.24) is 9.97 Å². The third kappa shape index (κ3) is 4.37. The largest absolute Gasteiger partial charge is 0.370 e. The molecule has 1 rings (SSSR count). The second kappa shape index (κ2) is 7.46. The molecule has 5 heteroatoms. The first kappa shape index (κ1) is 15.1. The Hall–Kier alpha value is -0.970. The first-order valence-electron chi connectivity index (χ1n) is 6.39. The fourth-order valence-corrected chi connectivity index (χ4v) is 2.29. The first-order chi connectivity index (χ1) is 8.58. The number of nitrogens with one attached hydrogen (secondary N) is 1. The van der Waals surface area contributed by atoms with E-state index in [2.05, 4.69) is 47.3 Å². The normalized spacial score (nSPS) is 12.3. The van der Waals surface area contributed by atoms with Gasteiger partial charge in [0.25, 0.3) is 0 Å². The monoisotopic (exact) mass is 268 g/mol. The molecule has 1 unspecified atom stereocenters. The average molecular weight is 268 g/mol. The second-order valence-electron chi connectivity index (χ2n) is 4.43. The van der Waals surface area contributed by atoms with Crippen LogP contribution in [0.5, 0.6) is 0 Å². The number of hydrogen-bond donors (Lipinski definition) is 1. The molecule has 0 aliphatic rings. The highest BCUT2D eigenvalue weighted by Crippen LogP contribution is 2.18. The van der Waals surface area contributed by atoms with Crippen molar-refractivity contribution in [3.63, 3.8) is 0 Å². The predicted molar refractivity (Wildman–Crippen MR) is 81.8 cm³/mol. The Morgan fingerprint density at radius 1 is 1.44 bits per heavy atom. The van der Waals surface area contributed by atoms with Crippen LogP contribution in [0.3, 0.4) is 0 Å². The summed E-state index contributed by atoms with van der Waals surface area (Å²) < 4.78 is 0. The molecule has 0 bridgehead atoms. The maximum atomic E-state index is 4.51. The molecular weight excluding hydrogens is 244 g/mol. The fourth-order valence-electron chi connectivity index (χ4n) is 1.71. The Labute approximate surface area is 115 Å². The molecular formula is C13H24N4S. The average Bonchev–Trinajstić information content (AvgIpc) is 2.34. The number of nitrogens with zero attached hydrogens (tertiary/aromatic N) is 3. The van der Waals surface area contributed by atoms with Gasteiger partial charge in [0.1, 0.15) is 17.5 Å². The van der Waals surface area contributed by atoms with Crippen molar-refractivity contribution < 1.29 is 0 Å². The molecule has 18 heavy (non-hydrogen) atoms. The van der Waals surface area contributed by atoms with Crippen molar-refractivity contribution in [2.75, 3.05) is 35.8 Å². The summed E-state index contributed by atoms with van der Waals surface area (Å²) in [6.07, 6.45) is 3.31. The molecule has 0 spiro atoms. The van der Waals surface area contributed by atoms with Gasteiger partial charge in [0, 0.05) is 25.7 Å². The fraction of sp³-hybridized carbons (Fsp3) is 0.692. The van der Waals surface area contributed by atoms with Crippen LogP contribution in [0.2, 0.25) is 0 Å². The highest BCUT2D eigenvalue weighted by atomic mass is 32.2. The van der Waals surface area contributed by atoms with Gasteiger partial charge in [-0.3, -0.25) is 0 Å². The molecule has 0 saturated carbocycles. The van der Waals surface area contributed by atoms with Crippen LogP contribution in [0, 0.1) is 6.92 Å². The number of thioether (sulfide) groups is 1. The molecule has 0 aliphatic carbocycles. The maximum absolute atomic E-state index is 4.51. The molecule has 1 N–H and O–H groups in total. The van der Waals surface area contributed by atoms with Crippen LogP contribution >= 0.6 is 11.8 Å². The van der Waals surface area contributed by atoms with E-state index in [1.165, 1.54) is 5.75 Å². The van der Waals surface area contributed by atoms with E-state index in [9.17, 15) is 0 Å². The summed E-state index contributed by atoms with van der Waals surface area (Å²) in [5.74, 6) is 3.89. The van der Waals surface area contributed by atoms with Crippen LogP contribution < -0.4 is 10.2 Å². The Balaban J connectivity index is 2.80. The zero-order valence-electron chi connectivity index (χ0n) is 12.0.